The van der Waals surface area contributed by atoms with E-state index in [1.165, 1.54) is 11.1 Å². The molecule has 2 saturated carbocycles. The molecule has 4 atom stereocenters. The molecule has 4 heterocycles. The van der Waals surface area contributed by atoms with Crippen molar-refractivity contribution in [2.75, 3.05) is 5.75 Å². The summed E-state index contributed by atoms with van der Waals surface area (Å²) in [7, 11) is 0. The number of ether oxygens (including phenoxy) is 2. The van der Waals surface area contributed by atoms with Gasteiger partial charge >= 0.3 is 0 Å². The van der Waals surface area contributed by atoms with Gasteiger partial charge in [0.1, 0.15) is 29.2 Å². The Hall–Kier alpha value is -4.83. The van der Waals surface area contributed by atoms with E-state index in [4.69, 9.17) is 18.3 Å². The first-order chi connectivity index (χ1) is 28.4. The van der Waals surface area contributed by atoms with Gasteiger partial charge in [0.05, 0.1) is 36.1 Å². The highest BCUT2D eigenvalue weighted by Crippen LogP contribution is 2.33. The monoisotopic (exact) mass is 842 g/mol. The quantitative estimate of drug-likeness (QED) is 0.114. The molecule has 4 fully saturated rings. The minimum Gasteiger partial charge on any atom is -0.441 e. The van der Waals surface area contributed by atoms with Crippen LogP contribution in [0.3, 0.4) is 0 Å². The normalized spacial score (nSPS) is 22.3. The van der Waals surface area contributed by atoms with Gasteiger partial charge in [-0.3, -0.25) is 29.8 Å². The van der Waals surface area contributed by atoms with E-state index in [1.54, 1.807) is 0 Å². The number of aryl methyl sites for hydroxylation is 4. The predicted molar refractivity (Wildman–Crippen MR) is 225 cm³/mol. The van der Waals surface area contributed by atoms with Gasteiger partial charge in [-0.05, 0) is 108 Å². The number of nitrogens with zero attached hydrogens (tertiary/aromatic N) is 2. The fourth-order valence-corrected chi connectivity index (χ4v) is 8.33. The van der Waals surface area contributed by atoms with E-state index in [-0.39, 0.29) is 46.3 Å². The third-order valence-corrected chi connectivity index (χ3v) is 12.0. The number of nitrogens with one attached hydrogen (secondary N) is 2. The van der Waals surface area contributed by atoms with Crippen LogP contribution in [0.2, 0.25) is 0 Å². The Kier molecular flexibility index (Phi) is 15.5. The average Bonchev–Trinajstić information content (AvgIpc) is 4.00. The number of hydrogen-bond donors (Lipinski definition) is 2. The molecule has 2 aromatic carbocycles. The lowest BCUT2D eigenvalue weighted by Gasteiger charge is -2.27. The van der Waals surface area contributed by atoms with Crippen molar-refractivity contribution in [3.8, 4) is 22.9 Å². The molecular weight excluding hydrogens is 793 g/mol. The maximum Gasteiger partial charge on any atom is 0.290 e. The van der Waals surface area contributed by atoms with Crippen molar-refractivity contribution in [1.82, 2.24) is 20.6 Å². The topological polar surface area (TPSA) is 180 Å². The molecule has 2 aliphatic heterocycles. The number of carbonyl (C=O) groups excluding carboxylic acids is 5. The lowest BCUT2D eigenvalue weighted by atomic mass is 9.87. The number of oxazole rings is 2. The van der Waals surface area contributed by atoms with Crippen molar-refractivity contribution in [3.63, 3.8) is 0 Å². The van der Waals surface area contributed by atoms with E-state index < -0.39 is 0 Å². The van der Waals surface area contributed by atoms with Crippen molar-refractivity contribution < 1.29 is 42.3 Å². The number of amides is 4. The van der Waals surface area contributed by atoms with Crippen LogP contribution < -0.4 is 10.6 Å². The Labute approximate surface area is 352 Å². The molecule has 2 aromatic heterocycles. The number of aromatic nitrogens is 2. The van der Waals surface area contributed by atoms with E-state index in [0.717, 1.165) is 115 Å². The standard InChI is InChI=1S/C22H24N2O4S.C19H23NO3.C3H3NO2S/c1-13-6-8-16(9-7-13)21-23-18(14(2)28-21)12-27-17-5-3-4-15(10-17)11-19-20(25)24-22(26)29-19;1-13-6-8-16(9-7-13)19-20-18(14(2)23-19)12-22-17-5-3-4-15(10-17)11-21;5-2-1-7-3(6)4-2/h6-9,11,15,17H,3-5,10,12H2,1-2H3,(H,24,25,26);6-9,11,15,17H,3-5,10,12H2,1-2H3;1H2,(H,4,5,6)/b19-11+;;. The number of thioether (sulfide) groups is 2. The zero-order chi connectivity index (χ0) is 41.9. The van der Waals surface area contributed by atoms with E-state index in [9.17, 15) is 24.0 Å². The Morgan fingerprint density at radius 3 is 1.63 bits per heavy atom. The Balaban J connectivity index is 0.000000173. The highest BCUT2D eigenvalue weighted by atomic mass is 32.2. The van der Waals surface area contributed by atoms with Gasteiger partial charge in [0.2, 0.25) is 17.7 Å². The number of carbonyl (C=O) groups is 5. The zero-order valence-electron chi connectivity index (χ0n) is 33.7. The third-order valence-electron chi connectivity index (χ3n) is 10.4. The first kappa shape index (κ1) is 43.7. The van der Waals surface area contributed by atoms with Crippen molar-refractivity contribution in [2.24, 2.45) is 11.8 Å². The number of rotatable bonds is 10. The van der Waals surface area contributed by atoms with Crippen LogP contribution >= 0.6 is 23.5 Å². The molecule has 2 N–H and O–H groups in total. The maximum atomic E-state index is 11.8. The maximum absolute atomic E-state index is 11.8. The molecule has 0 bridgehead atoms. The van der Waals surface area contributed by atoms with E-state index >= 15 is 0 Å². The molecule has 0 spiro atoms. The van der Waals surface area contributed by atoms with Crippen LogP contribution in [0.25, 0.3) is 22.9 Å². The predicted octanol–water partition coefficient (Wildman–Crippen LogP) is 9.10. The van der Waals surface area contributed by atoms with Crippen molar-refractivity contribution in [2.45, 2.75) is 104 Å². The Morgan fingerprint density at radius 2 is 1.20 bits per heavy atom. The number of benzene rings is 2. The molecule has 312 valence electrons. The van der Waals surface area contributed by atoms with E-state index in [0.29, 0.717) is 35.7 Å². The molecule has 13 nitrogen and oxygen atoms in total. The fourth-order valence-electron chi connectivity index (χ4n) is 7.06. The van der Waals surface area contributed by atoms with Crippen LogP contribution in [0.15, 0.2) is 68.3 Å². The van der Waals surface area contributed by atoms with Crippen LogP contribution in [0.1, 0.15) is 85.4 Å². The van der Waals surface area contributed by atoms with Crippen LogP contribution in [0.4, 0.5) is 9.59 Å². The summed E-state index contributed by atoms with van der Waals surface area (Å²) in [5, 5.41) is 3.88. The highest BCUT2D eigenvalue weighted by Gasteiger charge is 2.29. The molecule has 8 rings (SSSR count). The molecule has 59 heavy (non-hydrogen) atoms. The Bertz CT molecular complexity index is 2130. The van der Waals surface area contributed by atoms with E-state index in [1.807, 2.05) is 75.4 Å². The molecule has 2 aliphatic carbocycles. The van der Waals surface area contributed by atoms with Crippen molar-refractivity contribution >= 4 is 52.1 Å². The SMILES string of the molecule is Cc1ccc(-c2nc(COC3CCCC(/C=C4/SC(=O)NC4=O)C3)c(C)o2)cc1.Cc1ccc(-c2nc(COC3CCCC(C=O)C3)c(C)o2)cc1.O=C1CSC(=O)N1. The van der Waals surface area contributed by atoms with Crippen LogP contribution in [-0.4, -0.2) is 56.5 Å². The van der Waals surface area contributed by atoms with Crippen LogP contribution in [0.5, 0.6) is 0 Å². The van der Waals surface area contributed by atoms with Gasteiger partial charge in [0.25, 0.3) is 16.4 Å². The fraction of sp³-hybridized carbons (Fsp3) is 0.432. The Morgan fingerprint density at radius 1 is 0.695 bits per heavy atom. The number of imide groups is 2. The summed E-state index contributed by atoms with van der Waals surface area (Å²) in [4.78, 5) is 63.9. The smallest absolute Gasteiger partial charge is 0.290 e. The van der Waals surface area contributed by atoms with Crippen molar-refractivity contribution in [3.05, 3.63) is 93.5 Å². The minimum absolute atomic E-state index is 0.106. The lowest BCUT2D eigenvalue weighted by Crippen LogP contribution is -2.23. The summed E-state index contributed by atoms with van der Waals surface area (Å²) < 4.78 is 23.7. The third kappa shape index (κ3) is 12.8. The number of hydrogen-bond acceptors (Lipinski definition) is 13. The molecule has 4 unspecified atom stereocenters. The molecule has 4 aromatic rings. The second kappa shape index (κ2) is 20.9. The second-order valence-electron chi connectivity index (χ2n) is 15.1. The van der Waals surface area contributed by atoms with Gasteiger partial charge in [-0.1, -0.05) is 66.1 Å². The second-order valence-corrected chi connectivity index (χ2v) is 17.1. The van der Waals surface area contributed by atoms with Crippen LogP contribution in [-0.2, 0) is 37.1 Å². The van der Waals surface area contributed by atoms with Crippen LogP contribution in [0, 0.1) is 39.5 Å². The molecule has 4 aliphatic rings. The molecular formula is C44H50N4O9S2. The van der Waals surface area contributed by atoms with Gasteiger partial charge in [-0.25, -0.2) is 9.97 Å². The first-order valence-electron chi connectivity index (χ1n) is 19.9. The summed E-state index contributed by atoms with van der Waals surface area (Å²) in [6.07, 6.45) is 11.0. The van der Waals surface area contributed by atoms with Gasteiger partial charge in [-0.15, -0.1) is 0 Å². The molecule has 2 saturated heterocycles. The summed E-state index contributed by atoms with van der Waals surface area (Å²) >= 11 is 1.99. The summed E-state index contributed by atoms with van der Waals surface area (Å²) in [5.74, 6) is 3.02. The van der Waals surface area contributed by atoms with Gasteiger partial charge < -0.3 is 23.1 Å². The summed E-state index contributed by atoms with van der Waals surface area (Å²) in [5.41, 5.74) is 5.99. The summed E-state index contributed by atoms with van der Waals surface area (Å²) in [6, 6.07) is 16.2. The largest absolute Gasteiger partial charge is 0.441 e. The number of allylic oxidation sites excluding steroid dienone is 1. The first-order valence-corrected chi connectivity index (χ1v) is 21.7. The highest BCUT2D eigenvalue weighted by molar-refractivity contribution is 8.18. The summed E-state index contributed by atoms with van der Waals surface area (Å²) in [6.45, 7) is 8.77. The molecule has 0 radical (unpaired) electrons. The molecule has 4 amide bonds. The van der Waals surface area contributed by atoms with Gasteiger partial charge in [0, 0.05) is 17.0 Å². The zero-order valence-corrected chi connectivity index (χ0v) is 35.4. The minimum atomic E-state index is -0.296. The average molecular weight is 843 g/mol. The van der Waals surface area contributed by atoms with E-state index in [2.05, 4.69) is 27.5 Å². The van der Waals surface area contributed by atoms with Gasteiger partial charge in [-0.2, -0.15) is 0 Å². The van der Waals surface area contributed by atoms with Gasteiger partial charge in [0.15, 0.2) is 0 Å². The molecule has 15 heteroatoms. The lowest BCUT2D eigenvalue weighted by molar-refractivity contribution is -0.117. The van der Waals surface area contributed by atoms with Crippen molar-refractivity contribution in [1.29, 1.82) is 0 Å². The number of aldehydes is 1.